The van der Waals surface area contributed by atoms with Crippen LogP contribution in [0.25, 0.3) is 0 Å². The van der Waals surface area contributed by atoms with Crippen molar-refractivity contribution in [1.82, 2.24) is 14.7 Å². The number of carbonyl (C=O) groups excluding carboxylic acids is 1. The van der Waals surface area contributed by atoms with Crippen LogP contribution in [-0.2, 0) is 11.8 Å². The van der Waals surface area contributed by atoms with Gasteiger partial charge < -0.3 is 15.4 Å². The van der Waals surface area contributed by atoms with E-state index in [-0.39, 0.29) is 18.1 Å². The number of ether oxygens (including phenoxy) is 1. The van der Waals surface area contributed by atoms with Crippen LogP contribution in [-0.4, -0.2) is 46.4 Å². The Labute approximate surface area is 100 Å². The SMILES string of the molecule is CC1OCCC1N(C)C(=O)c1cnn(C)c1N. The van der Waals surface area contributed by atoms with Crippen LogP contribution in [0, 0.1) is 0 Å². The van der Waals surface area contributed by atoms with E-state index in [0.29, 0.717) is 18.0 Å². The second kappa shape index (κ2) is 4.37. The molecule has 0 bridgehead atoms. The molecule has 2 heterocycles. The number of anilines is 1. The van der Waals surface area contributed by atoms with E-state index in [1.807, 2.05) is 6.92 Å². The molecule has 17 heavy (non-hydrogen) atoms. The van der Waals surface area contributed by atoms with Gasteiger partial charge in [0.25, 0.3) is 5.91 Å². The number of aryl methyl sites for hydroxylation is 1. The highest BCUT2D eigenvalue weighted by molar-refractivity contribution is 5.98. The number of likely N-dealkylation sites (N-methyl/N-ethyl adjacent to an activating group) is 1. The number of amides is 1. The van der Waals surface area contributed by atoms with Gasteiger partial charge in [-0.25, -0.2) is 0 Å². The summed E-state index contributed by atoms with van der Waals surface area (Å²) < 4.78 is 6.96. The summed E-state index contributed by atoms with van der Waals surface area (Å²) in [6.45, 7) is 2.68. The van der Waals surface area contributed by atoms with Crippen molar-refractivity contribution in [2.45, 2.75) is 25.5 Å². The number of hydrogen-bond acceptors (Lipinski definition) is 4. The van der Waals surface area contributed by atoms with Gasteiger partial charge in [0.2, 0.25) is 0 Å². The fourth-order valence-corrected chi connectivity index (χ4v) is 2.18. The molecule has 1 fully saturated rings. The molecule has 1 amide bonds. The molecule has 2 atom stereocenters. The zero-order chi connectivity index (χ0) is 12.6. The summed E-state index contributed by atoms with van der Waals surface area (Å²) in [4.78, 5) is 13.9. The summed E-state index contributed by atoms with van der Waals surface area (Å²) in [5.74, 6) is 0.298. The van der Waals surface area contributed by atoms with Crippen LogP contribution in [0.15, 0.2) is 6.20 Å². The molecule has 2 unspecified atom stereocenters. The summed E-state index contributed by atoms with van der Waals surface area (Å²) in [6.07, 6.45) is 2.44. The van der Waals surface area contributed by atoms with Gasteiger partial charge in [0.15, 0.2) is 0 Å². The molecular weight excluding hydrogens is 220 g/mol. The molecule has 0 radical (unpaired) electrons. The van der Waals surface area contributed by atoms with Gasteiger partial charge >= 0.3 is 0 Å². The molecule has 1 aliphatic heterocycles. The highest BCUT2D eigenvalue weighted by Crippen LogP contribution is 2.21. The highest BCUT2D eigenvalue weighted by atomic mass is 16.5. The lowest BCUT2D eigenvalue weighted by Gasteiger charge is -2.26. The van der Waals surface area contributed by atoms with E-state index in [1.165, 1.54) is 10.9 Å². The van der Waals surface area contributed by atoms with Crippen molar-refractivity contribution in [2.24, 2.45) is 7.05 Å². The Balaban J connectivity index is 2.17. The average molecular weight is 238 g/mol. The van der Waals surface area contributed by atoms with E-state index in [9.17, 15) is 4.79 Å². The molecule has 2 N–H and O–H groups in total. The zero-order valence-electron chi connectivity index (χ0n) is 10.4. The molecule has 1 aromatic rings. The Hall–Kier alpha value is -1.56. The fourth-order valence-electron chi connectivity index (χ4n) is 2.18. The van der Waals surface area contributed by atoms with Crippen molar-refractivity contribution < 1.29 is 9.53 Å². The van der Waals surface area contributed by atoms with Gasteiger partial charge in [-0.2, -0.15) is 5.10 Å². The van der Waals surface area contributed by atoms with Gasteiger partial charge in [0.1, 0.15) is 11.4 Å². The molecule has 94 valence electrons. The molecule has 1 saturated heterocycles. The first-order valence-electron chi connectivity index (χ1n) is 5.68. The predicted octanol–water partition coefficient (Wildman–Crippen LogP) is 0.252. The Bertz CT molecular complexity index is 429. The summed E-state index contributed by atoms with van der Waals surface area (Å²) in [6, 6.07) is 0.113. The number of nitrogen functional groups attached to an aromatic ring is 1. The normalized spacial score (nSPS) is 23.9. The standard InChI is InChI=1S/C11H18N4O2/c1-7-9(4-5-17-7)14(2)11(16)8-6-13-15(3)10(8)12/h6-7,9H,4-5,12H2,1-3H3. The first kappa shape index (κ1) is 11.9. The molecule has 0 aliphatic carbocycles. The third kappa shape index (κ3) is 2.00. The van der Waals surface area contributed by atoms with Gasteiger partial charge in [-0.3, -0.25) is 9.48 Å². The molecule has 1 aromatic heterocycles. The van der Waals surface area contributed by atoms with Crippen LogP contribution in [0.5, 0.6) is 0 Å². The lowest BCUT2D eigenvalue weighted by Crippen LogP contribution is -2.41. The number of rotatable bonds is 2. The lowest BCUT2D eigenvalue weighted by atomic mass is 10.1. The second-order valence-corrected chi connectivity index (χ2v) is 4.42. The Morgan fingerprint density at radius 2 is 2.41 bits per heavy atom. The maximum Gasteiger partial charge on any atom is 0.259 e. The van der Waals surface area contributed by atoms with Gasteiger partial charge in [-0.05, 0) is 13.3 Å². The average Bonchev–Trinajstić information content (AvgIpc) is 2.86. The lowest BCUT2D eigenvalue weighted by molar-refractivity contribution is 0.0575. The van der Waals surface area contributed by atoms with Crippen LogP contribution in [0.1, 0.15) is 23.7 Å². The van der Waals surface area contributed by atoms with E-state index < -0.39 is 0 Å². The molecule has 6 nitrogen and oxygen atoms in total. The highest BCUT2D eigenvalue weighted by Gasteiger charge is 2.32. The third-order valence-electron chi connectivity index (χ3n) is 3.37. The van der Waals surface area contributed by atoms with Gasteiger partial charge in [0.05, 0.1) is 18.3 Å². The van der Waals surface area contributed by atoms with E-state index >= 15 is 0 Å². The van der Waals surface area contributed by atoms with Crippen molar-refractivity contribution in [2.75, 3.05) is 19.4 Å². The van der Waals surface area contributed by atoms with Crippen molar-refractivity contribution in [3.63, 3.8) is 0 Å². The van der Waals surface area contributed by atoms with Crippen molar-refractivity contribution in [1.29, 1.82) is 0 Å². The summed E-state index contributed by atoms with van der Waals surface area (Å²) in [5, 5.41) is 3.98. The Morgan fingerprint density at radius 3 is 2.88 bits per heavy atom. The van der Waals surface area contributed by atoms with Crippen LogP contribution >= 0.6 is 0 Å². The fraction of sp³-hybridized carbons (Fsp3) is 0.636. The Kier molecular flexibility index (Phi) is 3.06. The van der Waals surface area contributed by atoms with E-state index in [4.69, 9.17) is 10.5 Å². The third-order valence-corrected chi connectivity index (χ3v) is 3.37. The second-order valence-electron chi connectivity index (χ2n) is 4.42. The predicted molar refractivity (Wildman–Crippen MR) is 63.5 cm³/mol. The monoisotopic (exact) mass is 238 g/mol. The molecule has 6 heteroatoms. The van der Waals surface area contributed by atoms with Gasteiger partial charge in [-0.1, -0.05) is 0 Å². The van der Waals surface area contributed by atoms with Crippen LogP contribution in [0.3, 0.4) is 0 Å². The number of nitrogens with two attached hydrogens (primary N) is 1. The largest absolute Gasteiger partial charge is 0.383 e. The van der Waals surface area contributed by atoms with Crippen LogP contribution in [0.4, 0.5) is 5.82 Å². The summed E-state index contributed by atoms with van der Waals surface area (Å²) in [5.41, 5.74) is 6.25. The topological polar surface area (TPSA) is 73.4 Å². The van der Waals surface area contributed by atoms with Crippen molar-refractivity contribution >= 4 is 11.7 Å². The summed E-state index contributed by atoms with van der Waals surface area (Å²) in [7, 11) is 3.50. The van der Waals surface area contributed by atoms with Crippen LogP contribution in [0.2, 0.25) is 0 Å². The summed E-state index contributed by atoms with van der Waals surface area (Å²) >= 11 is 0. The minimum Gasteiger partial charge on any atom is -0.383 e. The first-order valence-corrected chi connectivity index (χ1v) is 5.68. The number of aromatic nitrogens is 2. The quantitative estimate of drug-likeness (QED) is 0.801. The van der Waals surface area contributed by atoms with Crippen LogP contribution < -0.4 is 5.73 Å². The molecule has 0 spiro atoms. The molecular formula is C11H18N4O2. The number of hydrogen-bond donors (Lipinski definition) is 1. The van der Waals surface area contributed by atoms with E-state index in [2.05, 4.69) is 5.10 Å². The maximum absolute atomic E-state index is 12.2. The minimum atomic E-state index is -0.0991. The maximum atomic E-state index is 12.2. The van der Waals surface area contributed by atoms with Crippen molar-refractivity contribution in [3.8, 4) is 0 Å². The molecule has 0 saturated carbocycles. The number of nitrogens with zero attached hydrogens (tertiary/aromatic N) is 3. The Morgan fingerprint density at radius 1 is 1.71 bits per heavy atom. The smallest absolute Gasteiger partial charge is 0.259 e. The molecule has 2 rings (SSSR count). The first-order chi connectivity index (χ1) is 8.02. The van der Waals surface area contributed by atoms with Gasteiger partial charge in [0, 0.05) is 20.7 Å². The van der Waals surface area contributed by atoms with E-state index in [0.717, 1.165) is 6.42 Å². The molecule has 0 aromatic carbocycles. The number of carbonyl (C=O) groups is 1. The van der Waals surface area contributed by atoms with Crippen molar-refractivity contribution in [3.05, 3.63) is 11.8 Å². The molecule has 1 aliphatic rings. The van der Waals surface area contributed by atoms with E-state index in [1.54, 1.807) is 19.0 Å². The minimum absolute atomic E-state index is 0.0712. The van der Waals surface area contributed by atoms with Gasteiger partial charge in [-0.15, -0.1) is 0 Å². The zero-order valence-corrected chi connectivity index (χ0v) is 10.4.